The first-order valence-electron chi connectivity index (χ1n) is 10.2. The summed E-state index contributed by atoms with van der Waals surface area (Å²) in [4.78, 5) is 0. The molecule has 0 heterocycles. The number of ether oxygens (including phenoxy) is 4. The molecule has 4 nitrogen and oxygen atoms in total. The number of unbranched alkanes of at least 4 members (excludes halogenated alkanes) is 7. The molecule has 0 saturated heterocycles. The lowest BCUT2D eigenvalue weighted by molar-refractivity contribution is -0.352. The van der Waals surface area contributed by atoms with Gasteiger partial charge in [0.2, 0.25) is 12.1 Å². The highest BCUT2D eigenvalue weighted by Gasteiger charge is 2.42. The van der Waals surface area contributed by atoms with E-state index in [0.717, 1.165) is 12.8 Å². The quantitative estimate of drug-likeness (QED) is 0.236. The molecule has 0 atom stereocenters. The molecule has 0 fully saturated rings. The third kappa shape index (κ3) is 9.97. The Bertz CT molecular complexity index is 246. The van der Waals surface area contributed by atoms with Crippen LogP contribution in [0.1, 0.15) is 92.4 Å². The van der Waals surface area contributed by atoms with Crippen LogP contribution in [0.25, 0.3) is 0 Å². The summed E-state index contributed by atoms with van der Waals surface area (Å²) in [7, 11) is 0. The lowest BCUT2D eigenvalue weighted by Crippen LogP contribution is -2.50. The second-order valence-corrected chi connectivity index (χ2v) is 6.15. The normalized spacial score (nSPS) is 12.2. The van der Waals surface area contributed by atoms with Crippen molar-refractivity contribution >= 4 is 0 Å². The minimum Gasteiger partial charge on any atom is -0.348 e. The van der Waals surface area contributed by atoms with Crippen molar-refractivity contribution in [3.63, 3.8) is 0 Å². The molecule has 4 heteroatoms. The van der Waals surface area contributed by atoms with E-state index in [0.29, 0.717) is 26.4 Å². The highest BCUT2D eigenvalue weighted by atomic mass is 16.8. The van der Waals surface area contributed by atoms with Crippen LogP contribution in [-0.2, 0) is 18.9 Å². The van der Waals surface area contributed by atoms with Crippen molar-refractivity contribution in [3.05, 3.63) is 0 Å². The summed E-state index contributed by atoms with van der Waals surface area (Å²) in [6, 6.07) is 0. The third-order valence-electron chi connectivity index (χ3n) is 4.15. The Balaban J connectivity index is 4.46. The summed E-state index contributed by atoms with van der Waals surface area (Å²) in [5.41, 5.74) is 0. The highest BCUT2D eigenvalue weighted by molar-refractivity contribution is 4.76. The number of hydrogen-bond donors (Lipinski definition) is 0. The van der Waals surface area contributed by atoms with E-state index >= 15 is 0 Å². The molecule has 0 radical (unpaired) electrons. The minimum atomic E-state index is -0.780. The fourth-order valence-electron chi connectivity index (χ4n) is 3.04. The van der Waals surface area contributed by atoms with Crippen molar-refractivity contribution in [1.82, 2.24) is 0 Å². The van der Waals surface area contributed by atoms with Crippen LogP contribution in [0.2, 0.25) is 0 Å². The zero-order valence-corrected chi connectivity index (χ0v) is 16.9. The second kappa shape index (κ2) is 16.3. The monoisotopic (exact) mass is 346 g/mol. The van der Waals surface area contributed by atoms with Gasteiger partial charge in [0, 0.05) is 32.8 Å². The van der Waals surface area contributed by atoms with Crippen molar-refractivity contribution in [2.45, 2.75) is 104 Å². The standard InChI is InChI=1S/C20H42O4/c1-6-11-12-13-14-15-16-17-18-20(23-9-4,24-10-5)19(21-7-2)22-8-3/h19H,6-18H2,1-5H3. The lowest BCUT2D eigenvalue weighted by atomic mass is 10.0. The molecule has 0 aliphatic carbocycles. The van der Waals surface area contributed by atoms with Gasteiger partial charge in [0.15, 0.2) is 0 Å². The topological polar surface area (TPSA) is 36.9 Å². The summed E-state index contributed by atoms with van der Waals surface area (Å²) < 4.78 is 23.7. The fourth-order valence-corrected chi connectivity index (χ4v) is 3.04. The van der Waals surface area contributed by atoms with Gasteiger partial charge < -0.3 is 18.9 Å². The molecule has 146 valence electrons. The Labute approximate surface area is 150 Å². The van der Waals surface area contributed by atoms with Gasteiger partial charge >= 0.3 is 0 Å². The maximum absolute atomic E-state index is 6.02. The molecule has 0 aliphatic heterocycles. The highest BCUT2D eigenvalue weighted by Crippen LogP contribution is 2.29. The molecule has 24 heavy (non-hydrogen) atoms. The van der Waals surface area contributed by atoms with Gasteiger partial charge in [-0.2, -0.15) is 0 Å². The van der Waals surface area contributed by atoms with E-state index < -0.39 is 12.1 Å². The molecule has 0 aromatic carbocycles. The van der Waals surface area contributed by atoms with Crippen LogP contribution >= 0.6 is 0 Å². The van der Waals surface area contributed by atoms with Gasteiger partial charge in [-0.25, -0.2) is 0 Å². The molecule has 0 N–H and O–H groups in total. The predicted molar refractivity (Wildman–Crippen MR) is 100 cm³/mol. The van der Waals surface area contributed by atoms with E-state index in [1.807, 2.05) is 27.7 Å². The Hall–Kier alpha value is -0.160. The maximum atomic E-state index is 6.02. The zero-order chi connectivity index (χ0) is 18.1. The molecule has 0 bridgehead atoms. The number of hydrogen-bond acceptors (Lipinski definition) is 4. The van der Waals surface area contributed by atoms with Gasteiger partial charge in [-0.15, -0.1) is 0 Å². The Morgan fingerprint density at radius 1 is 0.583 bits per heavy atom. The van der Waals surface area contributed by atoms with Crippen LogP contribution < -0.4 is 0 Å². The van der Waals surface area contributed by atoms with Crippen LogP contribution in [0.4, 0.5) is 0 Å². The van der Waals surface area contributed by atoms with Crippen LogP contribution in [-0.4, -0.2) is 38.5 Å². The van der Waals surface area contributed by atoms with E-state index in [1.54, 1.807) is 0 Å². The van der Waals surface area contributed by atoms with Crippen molar-refractivity contribution in [2.75, 3.05) is 26.4 Å². The van der Waals surface area contributed by atoms with E-state index in [-0.39, 0.29) is 0 Å². The van der Waals surface area contributed by atoms with Crippen LogP contribution in [0.3, 0.4) is 0 Å². The smallest absolute Gasteiger partial charge is 0.220 e. The first-order chi connectivity index (χ1) is 11.7. The molecule has 0 saturated carbocycles. The molecule has 0 amide bonds. The van der Waals surface area contributed by atoms with Gasteiger partial charge in [0.1, 0.15) is 0 Å². The molecule has 0 aliphatic rings. The maximum Gasteiger partial charge on any atom is 0.220 e. The summed E-state index contributed by atoms with van der Waals surface area (Å²) in [5.74, 6) is -0.780. The summed E-state index contributed by atoms with van der Waals surface area (Å²) >= 11 is 0. The van der Waals surface area contributed by atoms with Crippen LogP contribution in [0.15, 0.2) is 0 Å². The zero-order valence-electron chi connectivity index (χ0n) is 16.9. The van der Waals surface area contributed by atoms with Gasteiger partial charge in [0.25, 0.3) is 0 Å². The summed E-state index contributed by atoms with van der Waals surface area (Å²) in [6.45, 7) is 12.6. The Morgan fingerprint density at radius 2 is 1.04 bits per heavy atom. The molecule has 0 spiro atoms. The van der Waals surface area contributed by atoms with E-state index in [1.165, 1.54) is 44.9 Å². The Morgan fingerprint density at radius 3 is 1.46 bits per heavy atom. The largest absolute Gasteiger partial charge is 0.348 e. The first kappa shape index (κ1) is 23.8. The van der Waals surface area contributed by atoms with Crippen LogP contribution in [0.5, 0.6) is 0 Å². The lowest BCUT2D eigenvalue weighted by Gasteiger charge is -2.39. The third-order valence-corrected chi connectivity index (χ3v) is 4.15. The summed E-state index contributed by atoms with van der Waals surface area (Å²) in [5, 5.41) is 0. The summed E-state index contributed by atoms with van der Waals surface area (Å²) in [6.07, 6.45) is 10.6. The van der Waals surface area contributed by atoms with Crippen molar-refractivity contribution in [1.29, 1.82) is 0 Å². The van der Waals surface area contributed by atoms with Gasteiger partial charge in [-0.05, 0) is 34.1 Å². The number of rotatable bonds is 18. The van der Waals surface area contributed by atoms with Gasteiger partial charge in [0.05, 0.1) is 0 Å². The average molecular weight is 347 g/mol. The average Bonchev–Trinajstić information content (AvgIpc) is 2.57. The van der Waals surface area contributed by atoms with Gasteiger partial charge in [-0.3, -0.25) is 0 Å². The van der Waals surface area contributed by atoms with Crippen molar-refractivity contribution in [3.8, 4) is 0 Å². The molecular weight excluding hydrogens is 304 g/mol. The molecular formula is C20H42O4. The van der Waals surface area contributed by atoms with Gasteiger partial charge in [-0.1, -0.05) is 51.9 Å². The molecule has 0 aromatic heterocycles. The molecule has 0 rings (SSSR count). The van der Waals surface area contributed by atoms with Crippen LogP contribution in [0, 0.1) is 0 Å². The molecule has 0 aromatic rings. The molecule has 0 unspecified atom stereocenters. The fraction of sp³-hybridized carbons (Fsp3) is 1.00. The van der Waals surface area contributed by atoms with E-state index in [9.17, 15) is 0 Å². The van der Waals surface area contributed by atoms with E-state index in [2.05, 4.69) is 6.92 Å². The first-order valence-corrected chi connectivity index (χ1v) is 10.2. The SMILES string of the molecule is CCCCCCCCCCC(OCC)(OCC)C(OCC)OCC. The Kier molecular flexibility index (Phi) is 16.2. The van der Waals surface area contributed by atoms with Crippen molar-refractivity contribution < 1.29 is 18.9 Å². The second-order valence-electron chi connectivity index (χ2n) is 6.15. The predicted octanol–water partition coefficient (Wildman–Crippen LogP) is 5.69. The van der Waals surface area contributed by atoms with E-state index in [4.69, 9.17) is 18.9 Å². The van der Waals surface area contributed by atoms with Crippen molar-refractivity contribution in [2.24, 2.45) is 0 Å². The minimum absolute atomic E-state index is 0.461.